The highest BCUT2D eigenvalue weighted by Crippen LogP contribution is 2.30. The van der Waals surface area contributed by atoms with Crippen molar-refractivity contribution in [2.75, 3.05) is 17.0 Å². The lowest BCUT2D eigenvalue weighted by Crippen LogP contribution is -2.38. The zero-order chi connectivity index (χ0) is 9.71. The van der Waals surface area contributed by atoms with Gasteiger partial charge in [0.05, 0.1) is 5.69 Å². The normalized spacial score (nSPS) is 14.6. The fourth-order valence-electron chi connectivity index (χ4n) is 1.77. The monoisotopic (exact) mass is 190 g/mol. The fraction of sp³-hybridized carbons (Fsp3) is 0.250. The highest BCUT2D eigenvalue weighted by molar-refractivity contribution is 5.87. The van der Waals surface area contributed by atoms with Crippen molar-refractivity contribution in [1.29, 1.82) is 0 Å². The summed E-state index contributed by atoms with van der Waals surface area (Å²) in [5, 5.41) is 8.93. The molecule has 0 atom stereocenters. The first kappa shape index (κ1) is 7.57. The second-order valence-corrected chi connectivity index (χ2v) is 3.34. The van der Waals surface area contributed by atoms with Crippen LogP contribution >= 0.6 is 0 Å². The summed E-state index contributed by atoms with van der Waals surface area (Å²) in [6.07, 6.45) is 1.54. The smallest absolute Gasteiger partial charge is 0.157 e. The predicted molar refractivity (Wildman–Crippen MR) is 52.9 cm³/mol. The highest BCUT2D eigenvalue weighted by atomic mass is 15.5. The minimum atomic E-state index is 0.573. The molecular weight excluding hydrogens is 180 g/mol. The number of nitrogens with one attached hydrogen (secondary N) is 1. The average molecular weight is 190 g/mol. The van der Waals surface area contributed by atoms with Crippen LogP contribution in [-0.2, 0) is 0 Å². The molecule has 1 aliphatic rings. The summed E-state index contributed by atoms with van der Waals surface area (Å²) in [4.78, 5) is 4.16. The molecule has 6 heteroatoms. The number of nitrogens with zero attached hydrogens (tertiary/aromatic N) is 4. The third kappa shape index (κ3) is 0.779. The number of aryl methyl sites for hydroxylation is 1. The Bertz CT molecular complexity index is 502. The molecule has 3 heterocycles. The largest absolute Gasteiger partial charge is 0.349 e. The number of hydrogen-bond acceptors (Lipinski definition) is 5. The molecular formula is C8H10N6. The van der Waals surface area contributed by atoms with Crippen molar-refractivity contribution in [3.05, 3.63) is 18.1 Å². The molecule has 3 N–H and O–H groups in total. The highest BCUT2D eigenvalue weighted by Gasteiger charge is 2.20. The lowest BCUT2D eigenvalue weighted by atomic mass is 10.3. The van der Waals surface area contributed by atoms with Crippen LogP contribution < -0.4 is 16.2 Å². The van der Waals surface area contributed by atoms with Gasteiger partial charge in [0, 0.05) is 5.69 Å². The molecule has 0 saturated carbocycles. The molecule has 0 amide bonds. The van der Waals surface area contributed by atoms with Gasteiger partial charge in [0.1, 0.15) is 18.5 Å². The number of aromatic nitrogens is 3. The zero-order valence-electron chi connectivity index (χ0n) is 7.73. The van der Waals surface area contributed by atoms with Crippen molar-refractivity contribution in [2.45, 2.75) is 6.92 Å². The van der Waals surface area contributed by atoms with Gasteiger partial charge in [0.25, 0.3) is 0 Å². The molecule has 0 aromatic carbocycles. The minimum Gasteiger partial charge on any atom is -0.349 e. The van der Waals surface area contributed by atoms with Crippen molar-refractivity contribution >= 4 is 17.0 Å². The summed E-state index contributed by atoms with van der Waals surface area (Å²) in [5.74, 6) is 6.66. The molecule has 1 aliphatic heterocycles. The fourth-order valence-corrected chi connectivity index (χ4v) is 1.77. The Morgan fingerprint density at radius 1 is 1.57 bits per heavy atom. The first-order valence-electron chi connectivity index (χ1n) is 4.37. The number of hydrogen-bond donors (Lipinski definition) is 2. The molecule has 0 spiro atoms. The second kappa shape index (κ2) is 2.36. The Morgan fingerprint density at radius 2 is 2.43 bits per heavy atom. The van der Waals surface area contributed by atoms with Crippen LogP contribution in [0.15, 0.2) is 12.4 Å². The van der Waals surface area contributed by atoms with Crippen molar-refractivity contribution in [3.63, 3.8) is 0 Å². The van der Waals surface area contributed by atoms with Crippen LogP contribution in [0.5, 0.6) is 0 Å². The van der Waals surface area contributed by atoms with E-state index in [4.69, 9.17) is 5.84 Å². The van der Waals surface area contributed by atoms with Crippen LogP contribution in [0, 0.1) is 6.92 Å². The van der Waals surface area contributed by atoms with Crippen LogP contribution in [-0.4, -0.2) is 21.3 Å². The molecule has 0 radical (unpaired) electrons. The first-order valence-corrected chi connectivity index (χ1v) is 4.37. The van der Waals surface area contributed by atoms with Gasteiger partial charge in [0.2, 0.25) is 0 Å². The van der Waals surface area contributed by atoms with E-state index in [0.717, 1.165) is 22.7 Å². The molecule has 0 bridgehead atoms. The van der Waals surface area contributed by atoms with Gasteiger partial charge in [-0.25, -0.2) is 15.3 Å². The van der Waals surface area contributed by atoms with Gasteiger partial charge in [0.15, 0.2) is 5.82 Å². The number of hydrazine groups is 1. The summed E-state index contributed by atoms with van der Waals surface area (Å²) in [6, 6.07) is 2.01. The molecule has 14 heavy (non-hydrogen) atoms. The van der Waals surface area contributed by atoms with Crippen molar-refractivity contribution in [2.24, 2.45) is 5.84 Å². The number of rotatable bonds is 0. The van der Waals surface area contributed by atoms with Gasteiger partial charge in [-0.05, 0) is 13.0 Å². The summed E-state index contributed by atoms with van der Waals surface area (Å²) in [7, 11) is 0. The third-order valence-corrected chi connectivity index (χ3v) is 2.44. The van der Waals surface area contributed by atoms with E-state index in [1.165, 1.54) is 6.33 Å². The van der Waals surface area contributed by atoms with E-state index in [0.29, 0.717) is 6.67 Å². The molecule has 6 nitrogen and oxygen atoms in total. The SMILES string of the molecule is Cc1cc2c3c(ncnn13)NCN2N. The Morgan fingerprint density at radius 3 is 3.29 bits per heavy atom. The Labute approximate surface area is 80.3 Å². The summed E-state index contributed by atoms with van der Waals surface area (Å²) < 4.78 is 1.84. The second-order valence-electron chi connectivity index (χ2n) is 3.34. The van der Waals surface area contributed by atoms with Crippen molar-refractivity contribution < 1.29 is 0 Å². The topological polar surface area (TPSA) is 71.5 Å². The van der Waals surface area contributed by atoms with Gasteiger partial charge in [-0.2, -0.15) is 5.10 Å². The van der Waals surface area contributed by atoms with Gasteiger partial charge in [-0.3, -0.25) is 5.01 Å². The van der Waals surface area contributed by atoms with E-state index in [-0.39, 0.29) is 0 Å². The van der Waals surface area contributed by atoms with Gasteiger partial charge in [-0.1, -0.05) is 0 Å². The molecule has 3 rings (SSSR count). The van der Waals surface area contributed by atoms with Crippen molar-refractivity contribution in [3.8, 4) is 0 Å². The Kier molecular flexibility index (Phi) is 1.27. The average Bonchev–Trinajstić information content (AvgIpc) is 2.53. The summed E-state index contributed by atoms with van der Waals surface area (Å²) in [5.41, 5.74) is 2.97. The standard InChI is InChI=1S/C8H10N6/c1-5-2-6-7-8(11-4-13(6)9)10-3-12-14(5)7/h2-3H,4,9H2,1H3,(H,10,11,12). The van der Waals surface area contributed by atoms with Crippen LogP contribution in [0.3, 0.4) is 0 Å². The van der Waals surface area contributed by atoms with Crippen LogP contribution in [0.1, 0.15) is 5.69 Å². The maximum absolute atomic E-state index is 5.82. The van der Waals surface area contributed by atoms with E-state index < -0.39 is 0 Å². The summed E-state index contributed by atoms with van der Waals surface area (Å²) >= 11 is 0. The van der Waals surface area contributed by atoms with E-state index in [1.807, 2.05) is 17.5 Å². The molecule has 0 fully saturated rings. The van der Waals surface area contributed by atoms with E-state index in [1.54, 1.807) is 5.01 Å². The van der Waals surface area contributed by atoms with Gasteiger partial charge in [-0.15, -0.1) is 0 Å². The van der Waals surface area contributed by atoms with Crippen molar-refractivity contribution in [1.82, 2.24) is 14.6 Å². The maximum Gasteiger partial charge on any atom is 0.157 e. The minimum absolute atomic E-state index is 0.573. The van der Waals surface area contributed by atoms with E-state index in [2.05, 4.69) is 15.4 Å². The van der Waals surface area contributed by atoms with Crippen LogP contribution in [0.25, 0.3) is 5.52 Å². The Balaban J connectivity index is 2.47. The Hall–Kier alpha value is -1.82. The number of nitrogens with two attached hydrogens (primary N) is 1. The zero-order valence-corrected chi connectivity index (χ0v) is 7.73. The maximum atomic E-state index is 5.82. The number of anilines is 2. The molecule has 72 valence electrons. The van der Waals surface area contributed by atoms with E-state index >= 15 is 0 Å². The molecule has 0 unspecified atom stereocenters. The van der Waals surface area contributed by atoms with Gasteiger partial charge >= 0.3 is 0 Å². The third-order valence-electron chi connectivity index (χ3n) is 2.44. The van der Waals surface area contributed by atoms with Crippen LogP contribution in [0.4, 0.5) is 11.5 Å². The lowest BCUT2D eigenvalue weighted by molar-refractivity contribution is 0.842. The molecule has 0 saturated heterocycles. The first-order chi connectivity index (χ1) is 6.77. The van der Waals surface area contributed by atoms with Crippen LogP contribution in [0.2, 0.25) is 0 Å². The molecule has 2 aromatic rings. The predicted octanol–water partition coefficient (Wildman–Crippen LogP) is 0.101. The molecule has 2 aromatic heterocycles. The quantitative estimate of drug-likeness (QED) is 0.576. The van der Waals surface area contributed by atoms with Gasteiger partial charge < -0.3 is 5.32 Å². The summed E-state index contributed by atoms with van der Waals surface area (Å²) in [6.45, 7) is 2.57. The van der Waals surface area contributed by atoms with E-state index in [9.17, 15) is 0 Å². The molecule has 0 aliphatic carbocycles. The lowest BCUT2D eigenvalue weighted by Gasteiger charge is -2.23.